The Morgan fingerprint density at radius 2 is 0.870 bits per heavy atom. The fraction of sp³-hybridized carbons (Fsp3) is 0. The highest BCUT2D eigenvalue weighted by Crippen LogP contribution is 2.49. The molecular weight excluding hydrogens is 655 g/mol. The van der Waals surface area contributed by atoms with Crippen molar-refractivity contribution in [2.45, 2.75) is 0 Å². The minimum Gasteiger partial charge on any atom is -0.309 e. The zero-order chi connectivity index (χ0) is 35.3. The van der Waals surface area contributed by atoms with Crippen molar-refractivity contribution in [2.75, 3.05) is 0 Å². The van der Waals surface area contributed by atoms with Crippen LogP contribution in [0.4, 0.5) is 0 Å². The lowest BCUT2D eigenvalue weighted by Gasteiger charge is -2.10. The summed E-state index contributed by atoms with van der Waals surface area (Å²) in [6.07, 6.45) is 0. The van der Waals surface area contributed by atoms with Crippen molar-refractivity contribution in [3.05, 3.63) is 188 Å². The summed E-state index contributed by atoms with van der Waals surface area (Å²) in [6, 6.07) is 68.3. The van der Waals surface area contributed by atoms with Gasteiger partial charge >= 0.3 is 0 Å². The van der Waals surface area contributed by atoms with E-state index >= 15 is 0 Å². The number of fused-ring (bicyclic) bond motifs is 9. The monoisotopic (exact) mass is 685 g/mol. The molecule has 3 nitrogen and oxygen atoms in total. The predicted molar refractivity (Wildman–Crippen MR) is 226 cm³/mol. The van der Waals surface area contributed by atoms with Crippen LogP contribution in [0.2, 0.25) is 0 Å². The van der Waals surface area contributed by atoms with E-state index in [2.05, 4.69) is 197 Å². The van der Waals surface area contributed by atoms with E-state index < -0.39 is 0 Å². The Balaban J connectivity index is 0.990. The van der Waals surface area contributed by atoms with Gasteiger partial charge in [-0.2, -0.15) is 0 Å². The molecule has 0 amide bonds. The minimum atomic E-state index is 0.991. The minimum absolute atomic E-state index is 0.991. The van der Waals surface area contributed by atoms with E-state index in [0.717, 1.165) is 22.6 Å². The Kier molecular flexibility index (Phi) is 6.05. The van der Waals surface area contributed by atoms with Gasteiger partial charge in [-0.05, 0) is 100 Å². The third kappa shape index (κ3) is 4.15. The molecule has 3 heteroatoms. The van der Waals surface area contributed by atoms with Crippen molar-refractivity contribution >= 4 is 54.4 Å². The fourth-order valence-electron chi connectivity index (χ4n) is 9.03. The predicted octanol–water partition coefficient (Wildman–Crippen LogP) is 13.4. The molecule has 54 heavy (non-hydrogen) atoms. The summed E-state index contributed by atoms with van der Waals surface area (Å²) in [5, 5.41) is 7.44. The second-order valence-electron chi connectivity index (χ2n) is 14.4. The number of para-hydroxylation sites is 4. The Morgan fingerprint density at radius 1 is 0.333 bits per heavy atom. The van der Waals surface area contributed by atoms with Crippen LogP contribution in [0, 0.1) is 0 Å². The second-order valence-corrected chi connectivity index (χ2v) is 14.4. The van der Waals surface area contributed by atoms with Crippen LogP contribution in [-0.4, -0.2) is 14.1 Å². The molecule has 8 aromatic carbocycles. The second kappa shape index (κ2) is 11.1. The molecule has 0 aliphatic heterocycles. The molecule has 0 fully saturated rings. The number of benzene rings is 8. The number of rotatable bonds is 4. The molecule has 250 valence electrons. The van der Waals surface area contributed by atoms with E-state index in [9.17, 15) is 0 Å². The normalized spacial score (nSPS) is 12.1. The number of hydrogen-bond acceptors (Lipinski definition) is 1. The van der Waals surface area contributed by atoms with Crippen LogP contribution in [-0.2, 0) is 0 Å². The SMILES string of the molecule is c1ccc(-n2c3ccccc3c3cc(-c4ccc5c(c4)-c4cccc6cc(-c7ccc8c(c7)c7ccccc7n8-c7ccccc7)nc-5c46)ccc32)cc1. The first-order chi connectivity index (χ1) is 26.8. The van der Waals surface area contributed by atoms with Gasteiger partial charge in [0.25, 0.3) is 0 Å². The topological polar surface area (TPSA) is 22.8 Å². The van der Waals surface area contributed by atoms with E-state index in [1.165, 1.54) is 87.9 Å². The van der Waals surface area contributed by atoms with Crippen molar-refractivity contribution < 1.29 is 0 Å². The molecule has 0 bridgehead atoms. The molecule has 0 unspecified atom stereocenters. The molecule has 0 spiro atoms. The largest absolute Gasteiger partial charge is 0.309 e. The summed E-state index contributed by atoms with van der Waals surface area (Å²) >= 11 is 0. The summed E-state index contributed by atoms with van der Waals surface area (Å²) in [7, 11) is 0. The van der Waals surface area contributed by atoms with E-state index in [1.807, 2.05) is 0 Å². The molecule has 0 saturated heterocycles. The van der Waals surface area contributed by atoms with Gasteiger partial charge in [-0.1, -0.05) is 115 Å². The van der Waals surface area contributed by atoms with Crippen LogP contribution in [0.3, 0.4) is 0 Å². The van der Waals surface area contributed by atoms with Crippen molar-refractivity contribution in [3.8, 4) is 56.1 Å². The standard InChI is InChI=1S/C51H31N3/c1-3-13-36(14-4-1)53-46-20-9-7-17-38(46)43-29-33(23-26-48(43)53)32-22-25-41-42(28-32)40-19-11-12-35-31-45(52-51(41)50(35)40)34-24-27-49-44(30-34)39-18-8-10-21-47(39)54(49)37-15-5-2-6-16-37/h1-31H. The number of hydrogen-bond donors (Lipinski definition) is 0. The highest BCUT2D eigenvalue weighted by atomic mass is 15.0. The molecule has 1 aliphatic rings. The molecule has 12 rings (SSSR count). The lowest BCUT2D eigenvalue weighted by Crippen LogP contribution is -1.93. The summed E-state index contributed by atoms with van der Waals surface area (Å²) in [6.45, 7) is 0. The summed E-state index contributed by atoms with van der Waals surface area (Å²) in [5.41, 5.74) is 16.4. The number of nitrogens with zero attached hydrogens (tertiary/aromatic N) is 3. The first kappa shape index (κ1) is 29.4. The van der Waals surface area contributed by atoms with Gasteiger partial charge in [-0.15, -0.1) is 0 Å². The quantitative estimate of drug-likeness (QED) is 0.181. The molecule has 0 saturated carbocycles. The van der Waals surface area contributed by atoms with Gasteiger partial charge in [-0.25, -0.2) is 4.98 Å². The maximum atomic E-state index is 5.43. The molecule has 3 heterocycles. The van der Waals surface area contributed by atoms with Gasteiger partial charge in [-0.3, -0.25) is 0 Å². The summed E-state index contributed by atoms with van der Waals surface area (Å²) in [4.78, 5) is 5.43. The van der Waals surface area contributed by atoms with Crippen LogP contribution in [0.25, 0.3) is 111 Å². The first-order valence-corrected chi connectivity index (χ1v) is 18.6. The van der Waals surface area contributed by atoms with E-state index in [-0.39, 0.29) is 0 Å². The smallest absolute Gasteiger partial charge is 0.0800 e. The highest BCUT2D eigenvalue weighted by Gasteiger charge is 2.25. The maximum Gasteiger partial charge on any atom is 0.0800 e. The Labute approximate surface area is 311 Å². The van der Waals surface area contributed by atoms with Crippen LogP contribution < -0.4 is 0 Å². The van der Waals surface area contributed by atoms with Crippen LogP contribution >= 0.6 is 0 Å². The Hall–Kier alpha value is -7.23. The molecule has 3 aromatic heterocycles. The Bertz CT molecular complexity index is 3310. The number of aromatic nitrogens is 3. The lowest BCUT2D eigenvalue weighted by molar-refractivity contribution is 1.18. The van der Waals surface area contributed by atoms with E-state index in [4.69, 9.17) is 4.98 Å². The maximum absolute atomic E-state index is 5.43. The average molecular weight is 686 g/mol. The molecule has 0 radical (unpaired) electrons. The summed E-state index contributed by atoms with van der Waals surface area (Å²) < 4.78 is 4.73. The van der Waals surface area contributed by atoms with Crippen LogP contribution in [0.15, 0.2) is 188 Å². The first-order valence-electron chi connectivity index (χ1n) is 18.6. The molecular formula is C51H31N3. The van der Waals surface area contributed by atoms with Crippen molar-refractivity contribution in [1.82, 2.24) is 14.1 Å². The van der Waals surface area contributed by atoms with Crippen molar-refractivity contribution in [2.24, 2.45) is 0 Å². The molecule has 0 atom stereocenters. The zero-order valence-corrected chi connectivity index (χ0v) is 29.2. The van der Waals surface area contributed by atoms with Crippen molar-refractivity contribution in [1.29, 1.82) is 0 Å². The molecule has 0 N–H and O–H groups in total. The summed E-state index contributed by atoms with van der Waals surface area (Å²) in [5.74, 6) is 0. The zero-order valence-electron chi connectivity index (χ0n) is 29.2. The van der Waals surface area contributed by atoms with Crippen LogP contribution in [0.5, 0.6) is 0 Å². The van der Waals surface area contributed by atoms with Gasteiger partial charge in [0, 0.05) is 49.4 Å². The van der Waals surface area contributed by atoms with Crippen LogP contribution in [0.1, 0.15) is 0 Å². The Morgan fingerprint density at radius 3 is 1.54 bits per heavy atom. The van der Waals surface area contributed by atoms with E-state index in [1.54, 1.807) is 0 Å². The molecule has 11 aromatic rings. The third-order valence-corrected chi connectivity index (χ3v) is 11.4. The fourth-order valence-corrected chi connectivity index (χ4v) is 9.03. The van der Waals surface area contributed by atoms with Gasteiger partial charge < -0.3 is 9.13 Å². The van der Waals surface area contributed by atoms with Gasteiger partial charge in [0.15, 0.2) is 0 Å². The average Bonchev–Trinajstić information content (AvgIpc) is 3.87. The third-order valence-electron chi connectivity index (χ3n) is 11.4. The van der Waals surface area contributed by atoms with E-state index in [0.29, 0.717) is 0 Å². The highest BCUT2D eigenvalue weighted by molar-refractivity contribution is 6.16. The van der Waals surface area contributed by atoms with Gasteiger partial charge in [0.05, 0.1) is 33.5 Å². The van der Waals surface area contributed by atoms with Crippen molar-refractivity contribution in [3.63, 3.8) is 0 Å². The lowest BCUT2D eigenvalue weighted by atomic mass is 9.97. The van der Waals surface area contributed by atoms with Gasteiger partial charge in [0.1, 0.15) is 0 Å². The number of pyridine rings is 1. The molecule has 1 aliphatic carbocycles. The van der Waals surface area contributed by atoms with Gasteiger partial charge in [0.2, 0.25) is 0 Å².